The molecule has 5 atom stereocenters. The van der Waals surface area contributed by atoms with Gasteiger partial charge < -0.3 is 25.4 Å². The van der Waals surface area contributed by atoms with Gasteiger partial charge in [0.25, 0.3) is 11.8 Å². The summed E-state index contributed by atoms with van der Waals surface area (Å²) in [7, 11) is 1.33. The summed E-state index contributed by atoms with van der Waals surface area (Å²) < 4.78 is 10.7. The van der Waals surface area contributed by atoms with Crippen LogP contribution < -0.4 is 5.73 Å². The van der Waals surface area contributed by atoms with Crippen molar-refractivity contribution in [2.45, 2.75) is 30.6 Å². The fourth-order valence-corrected chi connectivity index (χ4v) is 3.06. The molecule has 0 aromatic heterocycles. The lowest BCUT2D eigenvalue weighted by Gasteiger charge is -2.44. The number of aliphatic hydroxyl groups excluding tert-OH is 2. The van der Waals surface area contributed by atoms with Crippen molar-refractivity contribution in [1.82, 2.24) is 4.90 Å². The van der Waals surface area contributed by atoms with Crippen molar-refractivity contribution < 1.29 is 29.3 Å². The van der Waals surface area contributed by atoms with Gasteiger partial charge in [-0.25, -0.2) is 0 Å². The number of nitrogens with zero attached hydrogens (tertiary/aromatic N) is 1. The molecule has 23 heavy (non-hydrogen) atoms. The van der Waals surface area contributed by atoms with Crippen molar-refractivity contribution in [3.05, 3.63) is 35.4 Å². The topological polar surface area (TPSA) is 122 Å². The Hall–Kier alpha value is -1.84. The van der Waals surface area contributed by atoms with Crippen LogP contribution in [0.4, 0.5) is 0 Å². The van der Waals surface area contributed by atoms with Crippen molar-refractivity contribution in [2.75, 3.05) is 13.7 Å². The SMILES string of the molecule is CO[C@H]1OC(CN)[C@@H](O)C(O)C1N1C(=O)c2ccccc2C1=O. The number of hydrogen-bond acceptors (Lipinski definition) is 7. The molecule has 0 aliphatic carbocycles. The molecule has 0 bridgehead atoms. The van der Waals surface area contributed by atoms with Crippen LogP contribution in [-0.2, 0) is 9.47 Å². The van der Waals surface area contributed by atoms with Crippen LogP contribution in [0.2, 0.25) is 0 Å². The Morgan fingerprint density at radius 1 is 1.17 bits per heavy atom. The number of aliphatic hydroxyl groups is 2. The van der Waals surface area contributed by atoms with Crippen molar-refractivity contribution in [3.63, 3.8) is 0 Å². The summed E-state index contributed by atoms with van der Waals surface area (Å²) >= 11 is 0. The minimum Gasteiger partial charge on any atom is -0.388 e. The maximum absolute atomic E-state index is 12.5. The van der Waals surface area contributed by atoms with Crippen LogP contribution in [0.5, 0.6) is 0 Å². The van der Waals surface area contributed by atoms with Gasteiger partial charge in [0.15, 0.2) is 6.29 Å². The van der Waals surface area contributed by atoms with Crippen LogP contribution in [0.3, 0.4) is 0 Å². The minimum absolute atomic E-state index is 0.0348. The maximum Gasteiger partial charge on any atom is 0.262 e. The Kier molecular flexibility index (Phi) is 4.17. The van der Waals surface area contributed by atoms with E-state index >= 15 is 0 Å². The lowest BCUT2D eigenvalue weighted by molar-refractivity contribution is -0.263. The Morgan fingerprint density at radius 3 is 2.22 bits per heavy atom. The lowest BCUT2D eigenvalue weighted by Crippen LogP contribution is -2.66. The van der Waals surface area contributed by atoms with Gasteiger partial charge >= 0.3 is 0 Å². The van der Waals surface area contributed by atoms with Gasteiger partial charge in [0.1, 0.15) is 24.4 Å². The molecule has 8 heteroatoms. The molecular formula is C15H18N2O6. The van der Waals surface area contributed by atoms with E-state index in [4.69, 9.17) is 15.2 Å². The Morgan fingerprint density at radius 2 is 1.74 bits per heavy atom. The van der Waals surface area contributed by atoms with E-state index in [-0.39, 0.29) is 17.7 Å². The summed E-state index contributed by atoms with van der Waals surface area (Å²) in [4.78, 5) is 26.0. The molecule has 1 aromatic rings. The van der Waals surface area contributed by atoms with Gasteiger partial charge in [0.2, 0.25) is 0 Å². The van der Waals surface area contributed by atoms with E-state index in [0.29, 0.717) is 0 Å². The third-order valence-corrected chi connectivity index (χ3v) is 4.26. The normalized spacial score (nSPS) is 33.9. The zero-order valence-corrected chi connectivity index (χ0v) is 12.5. The lowest BCUT2D eigenvalue weighted by atomic mass is 9.95. The van der Waals surface area contributed by atoms with E-state index in [9.17, 15) is 19.8 Å². The molecule has 0 radical (unpaired) electrons. The van der Waals surface area contributed by atoms with Crippen LogP contribution in [0.25, 0.3) is 0 Å². The quantitative estimate of drug-likeness (QED) is 0.591. The molecule has 2 aliphatic rings. The Bertz CT molecular complexity index is 599. The summed E-state index contributed by atoms with van der Waals surface area (Å²) in [6, 6.07) is 5.20. The van der Waals surface area contributed by atoms with E-state index < -0.39 is 42.5 Å². The summed E-state index contributed by atoms with van der Waals surface area (Å²) in [6.07, 6.45) is -4.68. The Labute approximate surface area is 132 Å². The third-order valence-electron chi connectivity index (χ3n) is 4.26. The van der Waals surface area contributed by atoms with Gasteiger partial charge in [0, 0.05) is 13.7 Å². The first-order valence-electron chi connectivity index (χ1n) is 7.22. The van der Waals surface area contributed by atoms with Crippen LogP contribution in [0, 0.1) is 0 Å². The molecule has 3 unspecified atom stereocenters. The molecule has 4 N–H and O–H groups in total. The molecule has 1 aromatic carbocycles. The number of nitrogens with two attached hydrogens (primary N) is 1. The zero-order chi connectivity index (χ0) is 16.7. The number of ether oxygens (including phenoxy) is 2. The molecule has 2 amide bonds. The standard InChI is InChI=1S/C15H18N2O6/c1-22-15-10(12(19)11(18)9(6-16)23-15)17-13(20)7-4-2-3-5-8(7)14(17)21/h2-5,9-12,15,18-19H,6,16H2,1H3/t9?,10?,11-,12?,15+/m1/s1. The van der Waals surface area contributed by atoms with Crippen molar-refractivity contribution in [1.29, 1.82) is 0 Å². The number of imide groups is 1. The summed E-state index contributed by atoms with van der Waals surface area (Å²) in [5.74, 6) is -1.11. The monoisotopic (exact) mass is 322 g/mol. The molecular weight excluding hydrogens is 304 g/mol. The summed E-state index contributed by atoms with van der Waals surface area (Å²) in [6.45, 7) is -0.0348. The fourth-order valence-electron chi connectivity index (χ4n) is 3.06. The van der Waals surface area contributed by atoms with Gasteiger partial charge in [-0.05, 0) is 12.1 Å². The van der Waals surface area contributed by atoms with E-state index in [1.165, 1.54) is 19.2 Å². The second kappa shape index (κ2) is 5.99. The second-order valence-electron chi connectivity index (χ2n) is 5.51. The zero-order valence-electron chi connectivity index (χ0n) is 12.5. The number of benzene rings is 1. The van der Waals surface area contributed by atoms with E-state index in [1.807, 2.05) is 0 Å². The molecule has 0 saturated carbocycles. The van der Waals surface area contributed by atoms with Gasteiger partial charge in [-0.1, -0.05) is 12.1 Å². The van der Waals surface area contributed by atoms with Crippen LogP contribution in [0.1, 0.15) is 20.7 Å². The van der Waals surface area contributed by atoms with Crippen LogP contribution >= 0.6 is 0 Å². The van der Waals surface area contributed by atoms with Gasteiger partial charge in [-0.2, -0.15) is 0 Å². The summed E-state index contributed by atoms with van der Waals surface area (Å²) in [5, 5.41) is 20.5. The first-order valence-corrected chi connectivity index (χ1v) is 7.22. The highest BCUT2D eigenvalue weighted by molar-refractivity contribution is 6.21. The van der Waals surface area contributed by atoms with Crippen molar-refractivity contribution >= 4 is 11.8 Å². The van der Waals surface area contributed by atoms with Crippen LogP contribution in [-0.4, -0.2) is 71.2 Å². The first-order chi connectivity index (χ1) is 11.0. The summed E-state index contributed by atoms with van der Waals surface area (Å²) in [5.41, 5.74) is 5.99. The highest BCUT2D eigenvalue weighted by Crippen LogP contribution is 2.32. The van der Waals surface area contributed by atoms with E-state index in [1.54, 1.807) is 12.1 Å². The predicted octanol–water partition coefficient (Wildman–Crippen LogP) is -1.30. The molecule has 8 nitrogen and oxygen atoms in total. The molecule has 2 heterocycles. The number of carbonyl (C=O) groups excluding carboxylic acids is 2. The van der Waals surface area contributed by atoms with Crippen molar-refractivity contribution in [2.24, 2.45) is 5.73 Å². The van der Waals surface area contributed by atoms with Gasteiger partial charge in [-0.3, -0.25) is 14.5 Å². The number of hydrogen-bond donors (Lipinski definition) is 3. The number of rotatable bonds is 3. The minimum atomic E-state index is -1.43. The average molecular weight is 322 g/mol. The molecule has 1 saturated heterocycles. The molecule has 124 valence electrons. The Balaban J connectivity index is 1.97. The predicted molar refractivity (Wildman–Crippen MR) is 77.5 cm³/mol. The highest BCUT2D eigenvalue weighted by Gasteiger charge is 2.52. The average Bonchev–Trinajstić information content (AvgIpc) is 2.82. The maximum atomic E-state index is 12.5. The molecule has 3 rings (SSSR count). The largest absolute Gasteiger partial charge is 0.388 e. The molecule has 2 aliphatic heterocycles. The van der Waals surface area contributed by atoms with E-state index in [2.05, 4.69) is 0 Å². The first kappa shape index (κ1) is 16.0. The highest BCUT2D eigenvalue weighted by atomic mass is 16.7. The van der Waals surface area contributed by atoms with Crippen LogP contribution in [0.15, 0.2) is 24.3 Å². The number of methoxy groups -OCH3 is 1. The smallest absolute Gasteiger partial charge is 0.262 e. The van der Waals surface area contributed by atoms with E-state index in [0.717, 1.165) is 4.90 Å². The number of carbonyl (C=O) groups is 2. The number of amides is 2. The van der Waals surface area contributed by atoms with Crippen molar-refractivity contribution in [3.8, 4) is 0 Å². The molecule has 1 fully saturated rings. The fraction of sp³-hybridized carbons (Fsp3) is 0.467. The molecule has 0 spiro atoms. The van der Waals surface area contributed by atoms with Gasteiger partial charge in [0.05, 0.1) is 11.1 Å². The van der Waals surface area contributed by atoms with Gasteiger partial charge in [-0.15, -0.1) is 0 Å². The number of fused-ring (bicyclic) bond motifs is 1. The third kappa shape index (κ3) is 2.35. The second-order valence-corrected chi connectivity index (χ2v) is 5.51.